The highest BCUT2D eigenvalue weighted by molar-refractivity contribution is 7.80. The number of hydrogen-bond acceptors (Lipinski definition) is 3. The number of hydrogen-bond donors (Lipinski definition) is 2. The van der Waals surface area contributed by atoms with E-state index in [9.17, 15) is 0 Å². The van der Waals surface area contributed by atoms with Crippen molar-refractivity contribution in [2.75, 3.05) is 5.32 Å². The fourth-order valence-corrected chi connectivity index (χ4v) is 2.34. The van der Waals surface area contributed by atoms with Crippen molar-refractivity contribution in [3.63, 3.8) is 0 Å². The lowest BCUT2D eigenvalue weighted by atomic mass is 10.2. The van der Waals surface area contributed by atoms with E-state index in [0.29, 0.717) is 11.7 Å². The van der Waals surface area contributed by atoms with Crippen LogP contribution in [0.15, 0.2) is 65.2 Å². The molecule has 3 aromatic rings. The van der Waals surface area contributed by atoms with Gasteiger partial charge in [0, 0.05) is 11.8 Å². The largest absolute Gasteiger partial charge is 0.459 e. The summed E-state index contributed by atoms with van der Waals surface area (Å²) in [5.74, 6) is 2.43. The minimum Gasteiger partial charge on any atom is -0.459 e. The highest BCUT2D eigenvalue weighted by Crippen LogP contribution is 2.21. The summed E-state index contributed by atoms with van der Waals surface area (Å²) in [5.41, 5.74) is 2.10. The highest BCUT2D eigenvalue weighted by atomic mass is 32.1. The number of nitrogens with one attached hydrogen (secondary N) is 2. The summed E-state index contributed by atoms with van der Waals surface area (Å²) in [5, 5.41) is 6.73. The van der Waals surface area contributed by atoms with E-state index in [1.807, 2.05) is 61.5 Å². The number of furan rings is 1. The van der Waals surface area contributed by atoms with Crippen molar-refractivity contribution in [1.82, 2.24) is 10.3 Å². The SMILES string of the molecule is Cc1cccnc1NC(=S)NCc1ccc(-c2ccccc2)o1. The molecule has 0 unspecified atom stereocenters. The summed E-state index contributed by atoms with van der Waals surface area (Å²) in [6.45, 7) is 2.50. The lowest BCUT2D eigenvalue weighted by molar-refractivity contribution is 0.516. The van der Waals surface area contributed by atoms with Gasteiger partial charge in [0.15, 0.2) is 5.11 Å². The Kier molecular flexibility index (Phi) is 4.68. The molecule has 0 atom stereocenters. The van der Waals surface area contributed by atoms with Crippen LogP contribution in [-0.4, -0.2) is 10.1 Å². The third kappa shape index (κ3) is 3.96. The predicted molar refractivity (Wildman–Crippen MR) is 96.2 cm³/mol. The van der Waals surface area contributed by atoms with E-state index in [1.54, 1.807) is 6.20 Å². The summed E-state index contributed by atoms with van der Waals surface area (Å²) >= 11 is 5.29. The lowest BCUT2D eigenvalue weighted by Crippen LogP contribution is -2.28. The molecule has 0 radical (unpaired) electrons. The number of aryl methyl sites for hydroxylation is 1. The van der Waals surface area contributed by atoms with E-state index >= 15 is 0 Å². The van der Waals surface area contributed by atoms with E-state index in [2.05, 4.69) is 15.6 Å². The van der Waals surface area contributed by atoms with Crippen molar-refractivity contribution in [3.05, 3.63) is 72.1 Å². The van der Waals surface area contributed by atoms with Crippen LogP contribution in [-0.2, 0) is 6.54 Å². The van der Waals surface area contributed by atoms with Crippen LogP contribution in [0.1, 0.15) is 11.3 Å². The van der Waals surface area contributed by atoms with Gasteiger partial charge in [0.05, 0.1) is 6.54 Å². The molecule has 116 valence electrons. The molecule has 0 saturated heterocycles. The van der Waals surface area contributed by atoms with Crippen LogP contribution >= 0.6 is 12.2 Å². The van der Waals surface area contributed by atoms with Crippen LogP contribution in [0.25, 0.3) is 11.3 Å². The second kappa shape index (κ2) is 7.07. The molecular weight excluding hydrogens is 306 g/mol. The molecule has 0 aliphatic rings. The van der Waals surface area contributed by atoms with Crippen LogP contribution in [0.4, 0.5) is 5.82 Å². The first kappa shape index (κ1) is 15.2. The zero-order chi connectivity index (χ0) is 16.1. The molecule has 0 amide bonds. The molecule has 0 aliphatic carbocycles. The summed E-state index contributed by atoms with van der Waals surface area (Å²) in [6.07, 6.45) is 1.73. The summed E-state index contributed by atoms with van der Waals surface area (Å²) in [7, 11) is 0. The third-order valence-electron chi connectivity index (χ3n) is 3.38. The first-order valence-electron chi connectivity index (χ1n) is 7.33. The molecule has 2 heterocycles. The summed E-state index contributed by atoms with van der Waals surface area (Å²) in [4.78, 5) is 4.25. The summed E-state index contributed by atoms with van der Waals surface area (Å²) in [6, 6.07) is 17.8. The number of benzene rings is 1. The average molecular weight is 323 g/mol. The molecule has 0 aliphatic heterocycles. The Morgan fingerprint density at radius 1 is 1.09 bits per heavy atom. The normalized spacial score (nSPS) is 10.3. The van der Waals surface area contributed by atoms with E-state index in [4.69, 9.17) is 16.6 Å². The number of rotatable bonds is 4. The standard InChI is InChI=1S/C18H17N3OS/c1-13-6-5-11-19-17(13)21-18(23)20-12-15-9-10-16(22-15)14-7-3-2-4-8-14/h2-11H,12H2,1H3,(H2,19,20,21,23). The van der Waals surface area contributed by atoms with E-state index < -0.39 is 0 Å². The zero-order valence-corrected chi connectivity index (χ0v) is 13.6. The molecule has 1 aromatic carbocycles. The molecule has 2 aromatic heterocycles. The molecule has 0 spiro atoms. The van der Waals surface area contributed by atoms with Gasteiger partial charge < -0.3 is 15.1 Å². The predicted octanol–water partition coefficient (Wildman–Crippen LogP) is 4.14. The van der Waals surface area contributed by atoms with Gasteiger partial charge in [0.2, 0.25) is 0 Å². The molecule has 23 heavy (non-hydrogen) atoms. The average Bonchev–Trinajstić information content (AvgIpc) is 3.05. The minimum absolute atomic E-state index is 0.518. The van der Waals surface area contributed by atoms with Crippen LogP contribution in [0.3, 0.4) is 0 Å². The number of anilines is 1. The Labute approximate surface area is 140 Å². The van der Waals surface area contributed by atoms with E-state index in [0.717, 1.165) is 28.5 Å². The van der Waals surface area contributed by atoms with Gasteiger partial charge in [0.1, 0.15) is 17.3 Å². The second-order valence-corrected chi connectivity index (χ2v) is 5.52. The van der Waals surface area contributed by atoms with E-state index in [1.165, 1.54) is 0 Å². The minimum atomic E-state index is 0.518. The van der Waals surface area contributed by atoms with Crippen LogP contribution in [0.5, 0.6) is 0 Å². The molecule has 3 rings (SSSR count). The van der Waals surface area contributed by atoms with Gasteiger partial charge in [0.25, 0.3) is 0 Å². The van der Waals surface area contributed by atoms with Gasteiger partial charge in [-0.25, -0.2) is 4.98 Å². The van der Waals surface area contributed by atoms with Crippen molar-refractivity contribution in [2.45, 2.75) is 13.5 Å². The number of nitrogens with zero attached hydrogens (tertiary/aromatic N) is 1. The fourth-order valence-electron chi connectivity index (χ4n) is 2.17. The molecular formula is C18H17N3OS. The number of aromatic nitrogens is 1. The monoisotopic (exact) mass is 323 g/mol. The molecule has 5 heteroatoms. The quantitative estimate of drug-likeness (QED) is 0.707. The van der Waals surface area contributed by atoms with Crippen molar-refractivity contribution < 1.29 is 4.42 Å². The molecule has 2 N–H and O–H groups in total. The Bertz CT molecular complexity index is 799. The van der Waals surface area contributed by atoms with E-state index in [-0.39, 0.29) is 0 Å². The van der Waals surface area contributed by atoms with Crippen molar-refractivity contribution in [1.29, 1.82) is 0 Å². The Hall–Kier alpha value is -2.66. The third-order valence-corrected chi connectivity index (χ3v) is 3.63. The van der Waals surface area contributed by atoms with Crippen molar-refractivity contribution >= 4 is 23.1 Å². The van der Waals surface area contributed by atoms with Gasteiger partial charge in [-0.15, -0.1) is 0 Å². The van der Waals surface area contributed by atoms with Crippen LogP contribution in [0.2, 0.25) is 0 Å². The highest BCUT2D eigenvalue weighted by Gasteiger charge is 2.06. The topological polar surface area (TPSA) is 50.1 Å². The second-order valence-electron chi connectivity index (χ2n) is 5.11. The Morgan fingerprint density at radius 2 is 1.91 bits per heavy atom. The maximum absolute atomic E-state index is 5.83. The Balaban J connectivity index is 1.58. The first-order chi connectivity index (χ1) is 11.2. The van der Waals surface area contributed by atoms with Crippen LogP contribution < -0.4 is 10.6 Å². The van der Waals surface area contributed by atoms with Crippen molar-refractivity contribution in [3.8, 4) is 11.3 Å². The van der Waals surface area contributed by atoms with Gasteiger partial charge in [-0.05, 0) is 42.9 Å². The number of pyridine rings is 1. The number of thiocarbonyl (C=S) groups is 1. The van der Waals surface area contributed by atoms with Gasteiger partial charge >= 0.3 is 0 Å². The van der Waals surface area contributed by atoms with Gasteiger partial charge in [-0.3, -0.25) is 0 Å². The smallest absolute Gasteiger partial charge is 0.172 e. The maximum Gasteiger partial charge on any atom is 0.172 e. The zero-order valence-electron chi connectivity index (χ0n) is 12.7. The lowest BCUT2D eigenvalue weighted by Gasteiger charge is -2.10. The van der Waals surface area contributed by atoms with Crippen LogP contribution in [0, 0.1) is 6.92 Å². The first-order valence-corrected chi connectivity index (χ1v) is 7.74. The summed E-state index contributed by atoms with van der Waals surface area (Å²) < 4.78 is 5.83. The van der Waals surface area contributed by atoms with Crippen molar-refractivity contribution in [2.24, 2.45) is 0 Å². The molecule has 0 bridgehead atoms. The van der Waals surface area contributed by atoms with Gasteiger partial charge in [-0.1, -0.05) is 36.4 Å². The molecule has 4 nitrogen and oxygen atoms in total. The molecule has 0 saturated carbocycles. The maximum atomic E-state index is 5.83. The van der Waals surface area contributed by atoms with Gasteiger partial charge in [-0.2, -0.15) is 0 Å². The Morgan fingerprint density at radius 3 is 2.70 bits per heavy atom. The fraction of sp³-hybridized carbons (Fsp3) is 0.111. The molecule has 0 fully saturated rings.